The van der Waals surface area contributed by atoms with E-state index >= 15 is 0 Å². The van der Waals surface area contributed by atoms with Crippen molar-refractivity contribution in [3.8, 4) is 0 Å². The Bertz CT molecular complexity index is 498. The molecule has 0 radical (unpaired) electrons. The highest BCUT2D eigenvalue weighted by Gasteiger charge is 2.26. The van der Waals surface area contributed by atoms with Crippen molar-refractivity contribution in [2.24, 2.45) is 0 Å². The molecule has 1 saturated heterocycles. The van der Waals surface area contributed by atoms with Crippen molar-refractivity contribution in [1.82, 2.24) is 15.5 Å². The van der Waals surface area contributed by atoms with Gasteiger partial charge in [0.05, 0.1) is 18.2 Å². The van der Waals surface area contributed by atoms with Crippen molar-refractivity contribution in [2.75, 3.05) is 11.9 Å². The van der Waals surface area contributed by atoms with Crippen molar-refractivity contribution in [3.63, 3.8) is 0 Å². The van der Waals surface area contributed by atoms with Crippen LogP contribution in [0.25, 0.3) is 0 Å². The molecule has 7 nitrogen and oxygen atoms in total. The minimum Gasteiger partial charge on any atom is -0.463 e. The number of urea groups is 1. The first-order chi connectivity index (χ1) is 9.20. The number of aromatic nitrogens is 2. The summed E-state index contributed by atoms with van der Waals surface area (Å²) >= 11 is 0. The van der Waals surface area contributed by atoms with Crippen molar-refractivity contribution in [1.29, 1.82) is 0 Å². The second kappa shape index (κ2) is 4.83. The molecule has 1 aromatic heterocycles. The van der Waals surface area contributed by atoms with Crippen LogP contribution in [-0.2, 0) is 9.53 Å². The molecule has 2 fully saturated rings. The maximum Gasteiger partial charge on any atom is 0.320 e. The molecule has 1 aliphatic heterocycles. The Balaban J connectivity index is 1.52. The minimum atomic E-state index is -0.406. The summed E-state index contributed by atoms with van der Waals surface area (Å²) < 4.78 is 4.76. The number of hydrogen-bond acceptors (Lipinski definition) is 5. The van der Waals surface area contributed by atoms with Crippen molar-refractivity contribution >= 4 is 17.8 Å². The molecule has 1 atom stereocenters. The molecule has 0 spiro atoms. The molecule has 1 aliphatic carbocycles. The van der Waals surface area contributed by atoms with E-state index in [0.29, 0.717) is 11.7 Å². The fraction of sp³-hybridized carbons (Fsp3) is 0.500. The summed E-state index contributed by atoms with van der Waals surface area (Å²) in [5, 5.41) is 13.2. The second-order valence-electron chi connectivity index (χ2n) is 4.80. The monoisotopic (exact) mass is 262 g/mol. The Morgan fingerprint density at radius 2 is 2.16 bits per heavy atom. The van der Waals surface area contributed by atoms with Crippen molar-refractivity contribution < 1.29 is 14.3 Å². The van der Waals surface area contributed by atoms with Gasteiger partial charge in [0.2, 0.25) is 0 Å². The van der Waals surface area contributed by atoms with E-state index in [2.05, 4.69) is 20.8 Å². The van der Waals surface area contributed by atoms with E-state index in [0.717, 1.165) is 18.5 Å². The van der Waals surface area contributed by atoms with Crippen LogP contribution < -0.4 is 10.6 Å². The van der Waals surface area contributed by atoms with Gasteiger partial charge in [-0.3, -0.25) is 10.1 Å². The highest BCUT2D eigenvalue weighted by atomic mass is 16.5. The molecule has 7 heteroatoms. The molecule has 1 saturated carbocycles. The van der Waals surface area contributed by atoms with E-state index in [1.165, 1.54) is 0 Å². The van der Waals surface area contributed by atoms with E-state index in [1.807, 2.05) is 6.07 Å². The van der Waals surface area contributed by atoms with Gasteiger partial charge in [-0.15, -0.1) is 5.10 Å². The van der Waals surface area contributed by atoms with E-state index in [9.17, 15) is 9.59 Å². The lowest BCUT2D eigenvalue weighted by Gasteiger charge is -2.10. The SMILES string of the molecule is O=C(Nc1ccc(C2CC2)nn1)N[C@@H]1COC(=O)C1. The van der Waals surface area contributed by atoms with Crippen LogP contribution in [0.15, 0.2) is 12.1 Å². The third-order valence-electron chi connectivity index (χ3n) is 3.12. The van der Waals surface area contributed by atoms with Crippen LogP contribution in [0, 0.1) is 0 Å². The zero-order valence-corrected chi connectivity index (χ0v) is 10.3. The fourth-order valence-electron chi connectivity index (χ4n) is 1.95. The molecule has 2 aliphatic rings. The summed E-state index contributed by atoms with van der Waals surface area (Å²) in [7, 11) is 0. The lowest BCUT2D eigenvalue weighted by Crippen LogP contribution is -2.38. The van der Waals surface area contributed by atoms with Gasteiger partial charge >= 0.3 is 12.0 Å². The summed E-state index contributed by atoms with van der Waals surface area (Å²) in [4.78, 5) is 22.5. The lowest BCUT2D eigenvalue weighted by molar-refractivity contribution is -0.137. The number of rotatable bonds is 3. The molecule has 100 valence electrons. The van der Waals surface area contributed by atoms with Gasteiger partial charge in [0.1, 0.15) is 6.61 Å². The number of anilines is 1. The molecule has 0 unspecified atom stereocenters. The van der Waals surface area contributed by atoms with E-state index in [-0.39, 0.29) is 25.0 Å². The van der Waals surface area contributed by atoms with Gasteiger partial charge in [-0.2, -0.15) is 5.10 Å². The maximum atomic E-state index is 11.6. The summed E-state index contributed by atoms with van der Waals surface area (Å²) in [5.74, 6) is 0.642. The number of cyclic esters (lactones) is 1. The number of amides is 2. The van der Waals surface area contributed by atoms with Crippen LogP contribution in [-0.4, -0.2) is 34.8 Å². The molecule has 2 N–H and O–H groups in total. The molecule has 1 aromatic rings. The zero-order valence-electron chi connectivity index (χ0n) is 10.3. The standard InChI is InChI=1S/C12H14N4O3/c17-11-5-8(6-19-11)13-12(18)14-10-4-3-9(15-16-10)7-1-2-7/h3-4,7-8H,1-2,5-6H2,(H2,13,14,16,18)/t8-/m0/s1. The van der Waals surface area contributed by atoms with Gasteiger partial charge in [-0.25, -0.2) is 4.79 Å². The average molecular weight is 262 g/mol. The van der Waals surface area contributed by atoms with E-state index in [4.69, 9.17) is 4.74 Å². The quantitative estimate of drug-likeness (QED) is 0.785. The van der Waals surface area contributed by atoms with Gasteiger partial charge in [-0.05, 0) is 25.0 Å². The van der Waals surface area contributed by atoms with Crippen LogP contribution in [0.4, 0.5) is 10.6 Å². The minimum absolute atomic E-state index is 0.208. The predicted molar refractivity (Wildman–Crippen MR) is 65.5 cm³/mol. The number of carbonyl (C=O) groups is 2. The number of carbonyl (C=O) groups excluding carboxylic acids is 2. The van der Waals surface area contributed by atoms with E-state index < -0.39 is 6.03 Å². The number of hydrogen-bond donors (Lipinski definition) is 2. The van der Waals surface area contributed by atoms with Gasteiger partial charge in [-0.1, -0.05) is 0 Å². The summed E-state index contributed by atoms with van der Waals surface area (Å²) in [6, 6.07) is 2.93. The maximum absolute atomic E-state index is 11.6. The van der Waals surface area contributed by atoms with Crippen LogP contribution in [0.1, 0.15) is 30.9 Å². The van der Waals surface area contributed by atoms with Crippen LogP contribution in [0.2, 0.25) is 0 Å². The molecule has 0 bridgehead atoms. The van der Waals surface area contributed by atoms with Crippen molar-refractivity contribution in [2.45, 2.75) is 31.2 Å². The highest BCUT2D eigenvalue weighted by molar-refractivity contribution is 5.89. The first-order valence-electron chi connectivity index (χ1n) is 6.27. The first-order valence-corrected chi connectivity index (χ1v) is 6.27. The molecular weight excluding hydrogens is 248 g/mol. The Morgan fingerprint density at radius 1 is 1.32 bits per heavy atom. The predicted octanol–water partition coefficient (Wildman–Crippen LogP) is 0.791. The molecular formula is C12H14N4O3. The molecule has 3 rings (SSSR count). The summed E-state index contributed by atoms with van der Waals surface area (Å²) in [6.07, 6.45) is 2.54. The number of esters is 1. The Morgan fingerprint density at radius 3 is 2.74 bits per heavy atom. The normalized spacial score (nSPS) is 21.9. The Hall–Kier alpha value is -2.18. The van der Waals surface area contributed by atoms with Crippen LogP contribution in [0.3, 0.4) is 0 Å². The average Bonchev–Trinajstić information content (AvgIpc) is 3.15. The van der Waals surface area contributed by atoms with Crippen LogP contribution >= 0.6 is 0 Å². The Kier molecular flexibility index (Phi) is 3.02. The largest absolute Gasteiger partial charge is 0.463 e. The lowest BCUT2D eigenvalue weighted by atomic mass is 10.2. The zero-order chi connectivity index (χ0) is 13.2. The van der Waals surface area contributed by atoms with Crippen molar-refractivity contribution in [3.05, 3.63) is 17.8 Å². The molecule has 0 aromatic carbocycles. The van der Waals surface area contributed by atoms with Crippen LogP contribution in [0.5, 0.6) is 0 Å². The summed E-state index contributed by atoms with van der Waals surface area (Å²) in [5.41, 5.74) is 0.973. The number of nitrogens with zero attached hydrogens (tertiary/aromatic N) is 2. The second-order valence-corrected chi connectivity index (χ2v) is 4.80. The van der Waals surface area contributed by atoms with Gasteiger partial charge in [0.25, 0.3) is 0 Å². The molecule has 2 heterocycles. The molecule has 19 heavy (non-hydrogen) atoms. The third-order valence-corrected chi connectivity index (χ3v) is 3.12. The smallest absolute Gasteiger partial charge is 0.320 e. The topological polar surface area (TPSA) is 93.2 Å². The fourth-order valence-corrected chi connectivity index (χ4v) is 1.95. The first kappa shape index (κ1) is 11.9. The van der Waals surface area contributed by atoms with Gasteiger partial charge in [0, 0.05) is 5.92 Å². The van der Waals surface area contributed by atoms with E-state index in [1.54, 1.807) is 6.07 Å². The summed E-state index contributed by atoms with van der Waals surface area (Å²) in [6.45, 7) is 0.221. The Labute approximate surface area is 109 Å². The number of nitrogens with one attached hydrogen (secondary N) is 2. The highest BCUT2D eigenvalue weighted by Crippen LogP contribution is 2.38. The van der Waals surface area contributed by atoms with Gasteiger partial charge < -0.3 is 10.1 Å². The number of ether oxygens (including phenoxy) is 1. The van der Waals surface area contributed by atoms with Gasteiger partial charge in [0.15, 0.2) is 5.82 Å². The molecule has 2 amide bonds. The third kappa shape index (κ3) is 2.98.